The third-order valence-electron chi connectivity index (χ3n) is 3.35. The number of nitrogen functional groups attached to an aromatic ring is 1. The normalized spacial score (nSPS) is 15.8. The fourth-order valence-corrected chi connectivity index (χ4v) is 2.51. The van der Waals surface area contributed by atoms with E-state index in [1.54, 1.807) is 18.3 Å². The Labute approximate surface area is 116 Å². The maximum Gasteiger partial charge on any atom is 0.223 e. The molecule has 2 N–H and O–H groups in total. The van der Waals surface area contributed by atoms with E-state index in [1.807, 2.05) is 0 Å². The van der Waals surface area contributed by atoms with E-state index in [4.69, 9.17) is 17.3 Å². The number of anilines is 1. The van der Waals surface area contributed by atoms with E-state index in [9.17, 15) is 0 Å². The highest BCUT2D eigenvalue weighted by Gasteiger charge is 2.21. The summed E-state index contributed by atoms with van der Waals surface area (Å²) in [7, 11) is 0. The molecule has 2 heterocycles. The largest absolute Gasteiger partial charge is 0.368 e. The molecular formula is C13H14ClN5. The lowest BCUT2D eigenvalue weighted by Gasteiger charge is -2.09. The lowest BCUT2D eigenvalue weighted by Crippen LogP contribution is -2.08. The van der Waals surface area contributed by atoms with Crippen molar-refractivity contribution in [2.45, 2.75) is 31.6 Å². The molecule has 0 aromatic carbocycles. The standard InChI is InChI=1S/C13H14ClN5/c14-9-5-6-10(16-7-9)12-17-11(18-13(15)19-12)8-3-1-2-4-8/h5-8H,1-4H2,(H2,15,17,18,19). The van der Waals surface area contributed by atoms with Crippen LogP contribution in [-0.4, -0.2) is 19.9 Å². The van der Waals surface area contributed by atoms with Crippen molar-refractivity contribution in [1.29, 1.82) is 0 Å². The number of pyridine rings is 1. The van der Waals surface area contributed by atoms with Gasteiger partial charge in [-0.25, -0.2) is 4.98 Å². The van der Waals surface area contributed by atoms with E-state index < -0.39 is 0 Å². The Morgan fingerprint density at radius 2 is 1.89 bits per heavy atom. The van der Waals surface area contributed by atoms with E-state index in [2.05, 4.69) is 19.9 Å². The Morgan fingerprint density at radius 3 is 2.58 bits per heavy atom. The minimum atomic E-state index is 0.253. The van der Waals surface area contributed by atoms with Gasteiger partial charge >= 0.3 is 0 Å². The van der Waals surface area contributed by atoms with Crippen molar-refractivity contribution >= 4 is 17.5 Å². The van der Waals surface area contributed by atoms with Gasteiger partial charge in [0, 0.05) is 12.1 Å². The van der Waals surface area contributed by atoms with Crippen LogP contribution >= 0.6 is 11.6 Å². The average Bonchev–Trinajstić information content (AvgIpc) is 2.93. The van der Waals surface area contributed by atoms with Crippen molar-refractivity contribution in [2.75, 3.05) is 5.73 Å². The molecule has 0 saturated heterocycles. The minimum absolute atomic E-state index is 0.253. The third-order valence-corrected chi connectivity index (χ3v) is 3.57. The van der Waals surface area contributed by atoms with Gasteiger partial charge in [0.1, 0.15) is 11.5 Å². The second-order valence-electron chi connectivity index (χ2n) is 4.72. The molecule has 5 nitrogen and oxygen atoms in total. The molecule has 1 aliphatic rings. The van der Waals surface area contributed by atoms with E-state index in [0.29, 0.717) is 22.5 Å². The maximum atomic E-state index is 5.82. The van der Waals surface area contributed by atoms with Gasteiger partial charge in [-0.05, 0) is 25.0 Å². The first-order chi connectivity index (χ1) is 9.22. The number of hydrogen-bond donors (Lipinski definition) is 1. The van der Waals surface area contributed by atoms with E-state index in [-0.39, 0.29) is 5.95 Å². The van der Waals surface area contributed by atoms with Gasteiger partial charge in [0.15, 0.2) is 5.82 Å². The Bertz CT molecular complexity index is 578. The van der Waals surface area contributed by atoms with Crippen LogP contribution in [0.4, 0.5) is 5.95 Å². The first-order valence-corrected chi connectivity index (χ1v) is 6.73. The summed E-state index contributed by atoms with van der Waals surface area (Å²) in [6.45, 7) is 0. The number of hydrogen-bond acceptors (Lipinski definition) is 5. The second kappa shape index (κ2) is 5.09. The lowest BCUT2D eigenvalue weighted by molar-refractivity contribution is 0.664. The highest BCUT2D eigenvalue weighted by atomic mass is 35.5. The summed E-state index contributed by atoms with van der Waals surface area (Å²) in [5, 5.41) is 0.585. The zero-order valence-electron chi connectivity index (χ0n) is 10.4. The van der Waals surface area contributed by atoms with Gasteiger partial charge in [-0.2, -0.15) is 9.97 Å². The molecule has 2 aromatic heterocycles. The molecule has 2 aromatic rings. The van der Waals surface area contributed by atoms with Crippen molar-refractivity contribution < 1.29 is 0 Å². The minimum Gasteiger partial charge on any atom is -0.368 e. The molecule has 0 unspecified atom stereocenters. The molecule has 6 heteroatoms. The molecule has 1 saturated carbocycles. The quantitative estimate of drug-likeness (QED) is 0.912. The Balaban J connectivity index is 1.99. The number of rotatable bonds is 2. The summed E-state index contributed by atoms with van der Waals surface area (Å²) >= 11 is 5.82. The Kier molecular flexibility index (Phi) is 3.29. The molecule has 98 valence electrons. The molecule has 1 fully saturated rings. The van der Waals surface area contributed by atoms with Gasteiger partial charge in [-0.15, -0.1) is 0 Å². The number of aromatic nitrogens is 4. The highest BCUT2D eigenvalue weighted by Crippen LogP contribution is 2.32. The van der Waals surface area contributed by atoms with Crippen LogP contribution in [0.25, 0.3) is 11.5 Å². The summed E-state index contributed by atoms with van der Waals surface area (Å²) in [6, 6.07) is 3.55. The summed E-state index contributed by atoms with van der Waals surface area (Å²) in [5.74, 6) is 1.96. The number of nitrogens with two attached hydrogens (primary N) is 1. The van der Waals surface area contributed by atoms with Crippen LogP contribution in [0.5, 0.6) is 0 Å². The molecule has 0 atom stereocenters. The smallest absolute Gasteiger partial charge is 0.223 e. The Morgan fingerprint density at radius 1 is 1.11 bits per heavy atom. The molecule has 19 heavy (non-hydrogen) atoms. The molecule has 0 amide bonds. The second-order valence-corrected chi connectivity index (χ2v) is 5.15. The van der Waals surface area contributed by atoms with Crippen LogP contribution in [0.3, 0.4) is 0 Å². The third kappa shape index (κ3) is 2.66. The van der Waals surface area contributed by atoms with E-state index >= 15 is 0 Å². The van der Waals surface area contributed by atoms with Crippen LogP contribution in [0.15, 0.2) is 18.3 Å². The highest BCUT2D eigenvalue weighted by molar-refractivity contribution is 6.30. The summed E-state index contributed by atoms with van der Waals surface area (Å²) in [5.41, 5.74) is 6.44. The summed E-state index contributed by atoms with van der Waals surface area (Å²) in [6.07, 6.45) is 6.27. The zero-order chi connectivity index (χ0) is 13.2. The van der Waals surface area contributed by atoms with Crippen LogP contribution < -0.4 is 5.73 Å². The zero-order valence-corrected chi connectivity index (χ0v) is 11.1. The molecule has 3 rings (SSSR count). The lowest BCUT2D eigenvalue weighted by atomic mass is 10.1. The van der Waals surface area contributed by atoms with E-state index in [1.165, 1.54) is 12.8 Å². The van der Waals surface area contributed by atoms with Gasteiger partial charge in [-0.1, -0.05) is 24.4 Å². The van der Waals surface area contributed by atoms with Gasteiger partial charge < -0.3 is 5.73 Å². The predicted molar refractivity (Wildman–Crippen MR) is 73.7 cm³/mol. The van der Waals surface area contributed by atoms with Crippen molar-refractivity contribution in [1.82, 2.24) is 19.9 Å². The predicted octanol–water partition coefficient (Wildman–Crippen LogP) is 2.83. The van der Waals surface area contributed by atoms with Crippen LogP contribution in [0, 0.1) is 0 Å². The topological polar surface area (TPSA) is 77.6 Å². The Hall–Kier alpha value is -1.75. The van der Waals surface area contributed by atoms with Crippen LogP contribution in [0.1, 0.15) is 37.4 Å². The molecule has 0 radical (unpaired) electrons. The van der Waals surface area contributed by atoms with Crippen LogP contribution in [0.2, 0.25) is 5.02 Å². The summed E-state index contributed by atoms with van der Waals surface area (Å²) in [4.78, 5) is 17.1. The van der Waals surface area contributed by atoms with E-state index in [0.717, 1.165) is 18.7 Å². The first kappa shape index (κ1) is 12.3. The first-order valence-electron chi connectivity index (χ1n) is 6.36. The molecular weight excluding hydrogens is 262 g/mol. The van der Waals surface area contributed by atoms with Gasteiger partial charge in [0.25, 0.3) is 0 Å². The number of halogens is 1. The molecule has 0 bridgehead atoms. The molecule has 1 aliphatic carbocycles. The van der Waals surface area contributed by atoms with Crippen molar-refractivity contribution in [3.05, 3.63) is 29.2 Å². The van der Waals surface area contributed by atoms with Crippen molar-refractivity contribution in [2.24, 2.45) is 0 Å². The maximum absolute atomic E-state index is 5.82. The van der Waals surface area contributed by atoms with Gasteiger partial charge in [-0.3, -0.25) is 4.98 Å². The fraction of sp³-hybridized carbons (Fsp3) is 0.385. The number of nitrogens with zero attached hydrogens (tertiary/aromatic N) is 4. The molecule has 0 aliphatic heterocycles. The SMILES string of the molecule is Nc1nc(-c2ccc(Cl)cn2)nc(C2CCCC2)n1. The molecule has 0 spiro atoms. The van der Waals surface area contributed by atoms with Crippen molar-refractivity contribution in [3.8, 4) is 11.5 Å². The fourth-order valence-electron chi connectivity index (χ4n) is 2.40. The summed E-state index contributed by atoms with van der Waals surface area (Å²) < 4.78 is 0. The van der Waals surface area contributed by atoms with Crippen molar-refractivity contribution in [3.63, 3.8) is 0 Å². The average molecular weight is 276 g/mol. The monoisotopic (exact) mass is 275 g/mol. The van der Waals surface area contributed by atoms with Crippen LogP contribution in [-0.2, 0) is 0 Å². The van der Waals surface area contributed by atoms with Gasteiger partial charge in [0.05, 0.1) is 5.02 Å². The van der Waals surface area contributed by atoms with Gasteiger partial charge in [0.2, 0.25) is 5.95 Å².